The number of carbonyl (C=O) groups is 1. The Hall–Kier alpha value is -2.15. The molecule has 0 unspecified atom stereocenters. The first-order chi connectivity index (χ1) is 9.90. The summed E-state index contributed by atoms with van der Waals surface area (Å²) >= 11 is 3.41. The highest BCUT2D eigenvalue weighted by Gasteiger charge is 2.19. The Kier molecular flexibility index (Phi) is 4.42. The second-order valence-electron chi connectivity index (χ2n) is 4.68. The molecule has 21 heavy (non-hydrogen) atoms. The molecule has 0 bridgehead atoms. The minimum absolute atomic E-state index is 0.245. The number of aromatic nitrogens is 2. The molecule has 110 valence electrons. The Balaban J connectivity index is 2.45. The molecule has 2 N–H and O–H groups in total. The van der Waals surface area contributed by atoms with E-state index in [1.165, 1.54) is 19.0 Å². The third-order valence-corrected chi connectivity index (χ3v) is 3.64. The summed E-state index contributed by atoms with van der Waals surface area (Å²) in [5.41, 5.74) is -0.0577. The van der Waals surface area contributed by atoms with Crippen molar-refractivity contribution >= 4 is 21.8 Å². The number of amides is 1. The number of hydrogen-bond donors (Lipinski definition) is 2. The van der Waals surface area contributed by atoms with Crippen molar-refractivity contribution < 1.29 is 9.90 Å². The molecule has 0 aliphatic heterocycles. The molecule has 0 aliphatic carbocycles. The van der Waals surface area contributed by atoms with Crippen molar-refractivity contribution in [2.45, 2.75) is 6.42 Å². The van der Waals surface area contributed by atoms with Crippen LogP contribution in [0.25, 0.3) is 0 Å². The van der Waals surface area contributed by atoms with E-state index in [0.717, 1.165) is 10.0 Å². The average molecular weight is 352 g/mol. The maximum atomic E-state index is 11.9. The van der Waals surface area contributed by atoms with Gasteiger partial charge in [0.05, 0.1) is 0 Å². The molecule has 7 heteroatoms. The maximum absolute atomic E-state index is 11.9. The Morgan fingerprint density at radius 3 is 2.67 bits per heavy atom. The van der Waals surface area contributed by atoms with Gasteiger partial charge in [0.25, 0.3) is 11.5 Å². The van der Waals surface area contributed by atoms with Crippen LogP contribution in [0.15, 0.2) is 33.5 Å². The van der Waals surface area contributed by atoms with Crippen LogP contribution >= 0.6 is 15.9 Å². The minimum atomic E-state index is -0.725. The highest BCUT2D eigenvalue weighted by Crippen LogP contribution is 2.19. The number of nitrogens with one attached hydrogen (secondary N) is 1. The summed E-state index contributed by atoms with van der Waals surface area (Å²) in [6.45, 7) is 0. The van der Waals surface area contributed by atoms with Crippen molar-refractivity contribution in [1.82, 2.24) is 14.9 Å². The van der Waals surface area contributed by atoms with Gasteiger partial charge in [0.1, 0.15) is 5.82 Å². The van der Waals surface area contributed by atoms with Gasteiger partial charge in [-0.25, -0.2) is 4.98 Å². The third kappa shape index (κ3) is 3.30. The summed E-state index contributed by atoms with van der Waals surface area (Å²) in [5, 5.41) is 9.70. The van der Waals surface area contributed by atoms with E-state index in [-0.39, 0.29) is 5.69 Å². The van der Waals surface area contributed by atoms with E-state index in [2.05, 4.69) is 25.9 Å². The van der Waals surface area contributed by atoms with E-state index in [1.54, 1.807) is 0 Å². The topological polar surface area (TPSA) is 86.3 Å². The van der Waals surface area contributed by atoms with E-state index < -0.39 is 17.2 Å². The number of carbonyl (C=O) groups excluding carboxylic acids is 1. The summed E-state index contributed by atoms with van der Waals surface area (Å²) in [5.74, 6) is -0.869. The lowest BCUT2D eigenvalue weighted by Crippen LogP contribution is -2.26. The first-order valence-corrected chi connectivity index (χ1v) is 6.96. The molecule has 0 aliphatic rings. The van der Waals surface area contributed by atoms with Crippen LogP contribution in [0.5, 0.6) is 5.75 Å². The fraction of sp³-hybridized carbons (Fsp3) is 0.214. The predicted octanol–water partition coefficient (Wildman–Crippen LogP) is 1.53. The van der Waals surface area contributed by atoms with Crippen LogP contribution in [-0.2, 0) is 6.42 Å². The number of halogens is 1. The first-order valence-electron chi connectivity index (χ1n) is 6.17. The van der Waals surface area contributed by atoms with Gasteiger partial charge < -0.3 is 15.0 Å². The standard InChI is InChI=1S/C14H14BrN3O3/c1-18(2)14(21)11-12(19)13(20)17-10(16-11)7-8-5-3-4-6-9(8)15/h3-6,19H,7H2,1-2H3,(H,16,17,20). The van der Waals surface area contributed by atoms with Crippen molar-refractivity contribution in [3.63, 3.8) is 0 Å². The van der Waals surface area contributed by atoms with E-state index in [9.17, 15) is 14.7 Å². The van der Waals surface area contributed by atoms with Gasteiger partial charge in [-0.05, 0) is 11.6 Å². The van der Waals surface area contributed by atoms with Crippen LogP contribution < -0.4 is 5.56 Å². The molecule has 1 amide bonds. The van der Waals surface area contributed by atoms with Crippen molar-refractivity contribution in [2.75, 3.05) is 14.1 Å². The number of hydrogen-bond acceptors (Lipinski definition) is 4. The van der Waals surface area contributed by atoms with Crippen molar-refractivity contribution in [1.29, 1.82) is 0 Å². The van der Waals surface area contributed by atoms with Gasteiger partial charge >= 0.3 is 0 Å². The fourth-order valence-electron chi connectivity index (χ4n) is 1.78. The largest absolute Gasteiger partial charge is 0.501 e. The fourth-order valence-corrected chi connectivity index (χ4v) is 2.21. The van der Waals surface area contributed by atoms with Crippen LogP contribution in [0, 0.1) is 0 Å². The normalized spacial score (nSPS) is 10.4. The number of H-pyrrole nitrogens is 1. The maximum Gasteiger partial charge on any atom is 0.293 e. The van der Waals surface area contributed by atoms with Gasteiger partial charge in [-0.3, -0.25) is 9.59 Å². The lowest BCUT2D eigenvalue weighted by atomic mass is 10.1. The Morgan fingerprint density at radius 1 is 1.38 bits per heavy atom. The zero-order valence-corrected chi connectivity index (χ0v) is 13.1. The molecule has 1 aromatic carbocycles. The molecular weight excluding hydrogens is 338 g/mol. The molecular formula is C14H14BrN3O3. The molecule has 6 nitrogen and oxygen atoms in total. The van der Waals surface area contributed by atoms with Crippen molar-refractivity contribution in [3.05, 3.63) is 56.2 Å². The summed E-state index contributed by atoms with van der Waals surface area (Å²) in [6.07, 6.45) is 0.338. The van der Waals surface area contributed by atoms with Crippen LogP contribution in [0.2, 0.25) is 0 Å². The Labute approximate surface area is 129 Å². The summed E-state index contributed by atoms with van der Waals surface area (Å²) in [4.78, 5) is 31.5. The molecule has 2 rings (SSSR count). The SMILES string of the molecule is CN(C)C(=O)c1nc(Cc2ccccc2Br)[nH]c(=O)c1O. The van der Waals surface area contributed by atoms with Gasteiger partial charge in [-0.1, -0.05) is 34.1 Å². The number of benzene rings is 1. The van der Waals surface area contributed by atoms with Gasteiger partial charge in [0, 0.05) is 25.0 Å². The molecule has 0 atom stereocenters. The van der Waals surface area contributed by atoms with E-state index in [0.29, 0.717) is 12.2 Å². The average Bonchev–Trinajstić information content (AvgIpc) is 2.44. The van der Waals surface area contributed by atoms with Gasteiger partial charge in [-0.15, -0.1) is 0 Å². The van der Waals surface area contributed by atoms with Gasteiger partial charge in [0.2, 0.25) is 5.75 Å². The van der Waals surface area contributed by atoms with E-state index in [1.807, 2.05) is 24.3 Å². The van der Waals surface area contributed by atoms with Crippen LogP contribution in [0.1, 0.15) is 21.9 Å². The highest BCUT2D eigenvalue weighted by atomic mass is 79.9. The molecule has 0 saturated carbocycles. The number of nitrogens with zero attached hydrogens (tertiary/aromatic N) is 2. The zero-order chi connectivity index (χ0) is 15.6. The quantitative estimate of drug-likeness (QED) is 0.877. The second kappa shape index (κ2) is 6.09. The summed E-state index contributed by atoms with van der Waals surface area (Å²) in [7, 11) is 3.05. The second-order valence-corrected chi connectivity index (χ2v) is 5.53. The van der Waals surface area contributed by atoms with Crippen molar-refractivity contribution in [3.8, 4) is 5.75 Å². The Morgan fingerprint density at radius 2 is 2.05 bits per heavy atom. The first kappa shape index (κ1) is 15.2. The predicted molar refractivity (Wildman–Crippen MR) is 81.5 cm³/mol. The lowest BCUT2D eigenvalue weighted by molar-refractivity contribution is 0.0817. The molecule has 1 aromatic heterocycles. The van der Waals surface area contributed by atoms with E-state index in [4.69, 9.17) is 0 Å². The molecule has 0 fully saturated rings. The van der Waals surface area contributed by atoms with Crippen LogP contribution in [0.4, 0.5) is 0 Å². The van der Waals surface area contributed by atoms with Crippen LogP contribution in [-0.4, -0.2) is 40.0 Å². The van der Waals surface area contributed by atoms with Gasteiger partial charge in [0.15, 0.2) is 5.69 Å². The number of rotatable bonds is 3. The lowest BCUT2D eigenvalue weighted by Gasteiger charge is -2.11. The zero-order valence-electron chi connectivity index (χ0n) is 11.6. The Bertz CT molecular complexity index is 740. The van der Waals surface area contributed by atoms with Crippen LogP contribution in [0.3, 0.4) is 0 Å². The minimum Gasteiger partial charge on any atom is -0.501 e. The summed E-state index contributed by atoms with van der Waals surface area (Å²) in [6, 6.07) is 7.50. The monoisotopic (exact) mass is 351 g/mol. The smallest absolute Gasteiger partial charge is 0.293 e. The molecule has 0 radical (unpaired) electrons. The highest BCUT2D eigenvalue weighted by molar-refractivity contribution is 9.10. The molecule has 1 heterocycles. The molecule has 0 saturated heterocycles. The van der Waals surface area contributed by atoms with E-state index >= 15 is 0 Å². The number of aromatic amines is 1. The summed E-state index contributed by atoms with van der Waals surface area (Å²) < 4.78 is 0.876. The molecule has 2 aromatic rings. The third-order valence-electron chi connectivity index (χ3n) is 2.87. The molecule has 0 spiro atoms. The van der Waals surface area contributed by atoms with Gasteiger partial charge in [-0.2, -0.15) is 0 Å². The van der Waals surface area contributed by atoms with Crippen molar-refractivity contribution in [2.24, 2.45) is 0 Å². The number of aromatic hydroxyl groups is 1.